The van der Waals surface area contributed by atoms with Crippen LogP contribution in [0.5, 0.6) is 0 Å². The molecule has 4 nitrogen and oxygen atoms in total. The molecular weight excluding hydrogens is 200 g/mol. The van der Waals surface area contributed by atoms with Crippen LogP contribution in [-0.4, -0.2) is 32.5 Å². The van der Waals surface area contributed by atoms with Crippen molar-refractivity contribution in [3.8, 4) is 0 Å². The van der Waals surface area contributed by atoms with Crippen molar-refractivity contribution in [1.29, 1.82) is 0 Å². The zero-order chi connectivity index (χ0) is 10.1. The maximum Gasteiger partial charge on any atom is 0.339 e. The molecule has 0 aromatic carbocycles. The Balaban J connectivity index is 2.30. The Morgan fingerprint density at radius 3 is 2.79 bits per heavy atom. The molecule has 2 heterocycles. The molecule has 74 valence electrons. The summed E-state index contributed by atoms with van der Waals surface area (Å²) >= 11 is 1.86. The molecule has 0 aliphatic carbocycles. The van der Waals surface area contributed by atoms with Gasteiger partial charge in [0.15, 0.2) is 0 Å². The normalized spacial score (nSPS) is 16.4. The van der Waals surface area contributed by atoms with Crippen molar-refractivity contribution in [2.75, 3.05) is 11.5 Å². The van der Waals surface area contributed by atoms with Gasteiger partial charge in [0.25, 0.3) is 0 Å². The molecule has 0 spiro atoms. The maximum atomic E-state index is 10.7. The van der Waals surface area contributed by atoms with Gasteiger partial charge in [0.2, 0.25) is 0 Å². The number of aryl methyl sites for hydroxylation is 1. The third kappa shape index (κ3) is 1.59. The Hall–Kier alpha value is -1.10. The van der Waals surface area contributed by atoms with Crippen LogP contribution in [0, 0.1) is 6.92 Å². The lowest BCUT2D eigenvalue weighted by molar-refractivity contribution is 0.0695. The summed E-state index contributed by atoms with van der Waals surface area (Å²) in [6.07, 6.45) is 1.41. The van der Waals surface area contributed by atoms with E-state index in [2.05, 4.69) is 9.97 Å². The average molecular weight is 210 g/mol. The van der Waals surface area contributed by atoms with Crippen LogP contribution in [0.15, 0.2) is 6.20 Å². The quantitative estimate of drug-likeness (QED) is 0.797. The second-order valence-corrected chi connectivity index (χ2v) is 4.34. The molecule has 2 rings (SSSR count). The first-order valence-electron chi connectivity index (χ1n) is 4.33. The fourth-order valence-corrected chi connectivity index (χ4v) is 2.05. The molecule has 0 radical (unpaired) electrons. The highest BCUT2D eigenvalue weighted by atomic mass is 32.2. The SMILES string of the molecule is Cc1nc(C2CSC2)ncc1C(=O)O. The van der Waals surface area contributed by atoms with E-state index in [1.807, 2.05) is 11.8 Å². The predicted octanol–water partition coefficient (Wildman–Crippen LogP) is 1.31. The van der Waals surface area contributed by atoms with Gasteiger partial charge in [0, 0.05) is 23.6 Å². The summed E-state index contributed by atoms with van der Waals surface area (Å²) in [5, 5.41) is 8.78. The van der Waals surface area contributed by atoms with Crippen molar-refractivity contribution < 1.29 is 9.90 Å². The van der Waals surface area contributed by atoms with E-state index in [1.54, 1.807) is 6.92 Å². The lowest BCUT2D eigenvalue weighted by Gasteiger charge is -2.23. The average Bonchev–Trinajstić information content (AvgIpc) is 2.00. The summed E-state index contributed by atoms with van der Waals surface area (Å²) in [5.41, 5.74) is 0.750. The van der Waals surface area contributed by atoms with Gasteiger partial charge in [-0.15, -0.1) is 0 Å². The molecular formula is C9H10N2O2S. The third-order valence-corrected chi connectivity index (χ3v) is 3.51. The van der Waals surface area contributed by atoms with E-state index in [0.717, 1.165) is 17.3 Å². The topological polar surface area (TPSA) is 63.1 Å². The van der Waals surface area contributed by atoms with Gasteiger partial charge in [-0.2, -0.15) is 11.8 Å². The number of nitrogens with zero attached hydrogens (tertiary/aromatic N) is 2. The molecule has 1 aromatic rings. The molecule has 5 heteroatoms. The van der Waals surface area contributed by atoms with Gasteiger partial charge >= 0.3 is 5.97 Å². The van der Waals surface area contributed by atoms with Gasteiger partial charge in [0.1, 0.15) is 5.82 Å². The van der Waals surface area contributed by atoms with Crippen molar-refractivity contribution in [2.24, 2.45) is 0 Å². The number of carboxylic acids is 1. The summed E-state index contributed by atoms with van der Waals surface area (Å²) < 4.78 is 0. The molecule has 0 atom stereocenters. The lowest BCUT2D eigenvalue weighted by atomic mass is 10.1. The zero-order valence-electron chi connectivity index (χ0n) is 7.73. The van der Waals surface area contributed by atoms with E-state index in [0.29, 0.717) is 11.6 Å². The van der Waals surface area contributed by atoms with Gasteiger partial charge in [-0.25, -0.2) is 14.8 Å². The summed E-state index contributed by atoms with van der Waals surface area (Å²) in [5.74, 6) is 2.34. The Morgan fingerprint density at radius 2 is 2.36 bits per heavy atom. The van der Waals surface area contributed by atoms with Crippen LogP contribution in [0.1, 0.15) is 27.8 Å². The van der Waals surface area contributed by atoms with Crippen LogP contribution in [0.4, 0.5) is 0 Å². The molecule has 1 aromatic heterocycles. The molecule has 0 unspecified atom stereocenters. The molecule has 1 N–H and O–H groups in total. The molecule has 0 amide bonds. The third-order valence-electron chi connectivity index (χ3n) is 2.23. The molecule has 1 aliphatic heterocycles. The molecule has 14 heavy (non-hydrogen) atoms. The summed E-state index contributed by atoms with van der Waals surface area (Å²) in [7, 11) is 0. The molecule has 0 saturated carbocycles. The van der Waals surface area contributed by atoms with Crippen molar-refractivity contribution in [3.63, 3.8) is 0 Å². The highest BCUT2D eigenvalue weighted by Crippen LogP contribution is 2.31. The van der Waals surface area contributed by atoms with Crippen LogP contribution < -0.4 is 0 Å². The Labute approximate surface area is 85.8 Å². The van der Waals surface area contributed by atoms with Crippen LogP contribution in [0.25, 0.3) is 0 Å². The number of hydrogen-bond donors (Lipinski definition) is 1. The first kappa shape index (κ1) is 9.45. The number of aromatic carboxylic acids is 1. The number of rotatable bonds is 2. The predicted molar refractivity (Wildman–Crippen MR) is 53.8 cm³/mol. The highest BCUT2D eigenvalue weighted by molar-refractivity contribution is 8.00. The molecule has 1 saturated heterocycles. The molecule has 1 aliphatic rings. The number of aromatic nitrogens is 2. The van der Waals surface area contributed by atoms with Crippen LogP contribution in [-0.2, 0) is 0 Å². The second kappa shape index (κ2) is 3.57. The fraction of sp³-hybridized carbons (Fsp3) is 0.444. The van der Waals surface area contributed by atoms with E-state index < -0.39 is 5.97 Å². The van der Waals surface area contributed by atoms with Gasteiger partial charge < -0.3 is 5.11 Å². The van der Waals surface area contributed by atoms with Crippen molar-refractivity contribution in [2.45, 2.75) is 12.8 Å². The van der Waals surface area contributed by atoms with Crippen LogP contribution >= 0.6 is 11.8 Å². The maximum absolute atomic E-state index is 10.7. The minimum Gasteiger partial charge on any atom is -0.478 e. The summed E-state index contributed by atoms with van der Waals surface area (Å²) in [4.78, 5) is 19.0. The molecule has 0 bridgehead atoms. The number of carbonyl (C=O) groups is 1. The minimum atomic E-state index is -0.961. The Morgan fingerprint density at radius 1 is 1.64 bits per heavy atom. The first-order valence-corrected chi connectivity index (χ1v) is 5.48. The van der Waals surface area contributed by atoms with Crippen molar-refractivity contribution >= 4 is 17.7 Å². The van der Waals surface area contributed by atoms with Gasteiger partial charge in [0.05, 0.1) is 11.3 Å². The van der Waals surface area contributed by atoms with Gasteiger partial charge in [-0.05, 0) is 6.92 Å². The van der Waals surface area contributed by atoms with E-state index in [4.69, 9.17) is 5.11 Å². The van der Waals surface area contributed by atoms with Crippen molar-refractivity contribution in [1.82, 2.24) is 9.97 Å². The number of hydrogen-bond acceptors (Lipinski definition) is 4. The monoisotopic (exact) mass is 210 g/mol. The van der Waals surface area contributed by atoms with Gasteiger partial charge in [-0.3, -0.25) is 0 Å². The van der Waals surface area contributed by atoms with Crippen molar-refractivity contribution in [3.05, 3.63) is 23.3 Å². The van der Waals surface area contributed by atoms with E-state index >= 15 is 0 Å². The minimum absolute atomic E-state index is 0.195. The number of thioether (sulfide) groups is 1. The zero-order valence-corrected chi connectivity index (χ0v) is 8.54. The summed E-state index contributed by atoms with van der Waals surface area (Å²) in [6, 6.07) is 0. The van der Waals surface area contributed by atoms with E-state index in [9.17, 15) is 4.79 Å². The molecule has 1 fully saturated rings. The van der Waals surface area contributed by atoms with Gasteiger partial charge in [-0.1, -0.05) is 0 Å². The largest absolute Gasteiger partial charge is 0.478 e. The summed E-state index contributed by atoms with van der Waals surface area (Å²) in [6.45, 7) is 1.71. The second-order valence-electron chi connectivity index (χ2n) is 3.27. The smallest absolute Gasteiger partial charge is 0.339 e. The fourth-order valence-electron chi connectivity index (χ4n) is 1.28. The lowest BCUT2D eigenvalue weighted by Crippen LogP contribution is -2.19. The highest BCUT2D eigenvalue weighted by Gasteiger charge is 2.23. The first-order chi connectivity index (χ1) is 6.68. The van der Waals surface area contributed by atoms with E-state index in [-0.39, 0.29) is 5.56 Å². The standard InChI is InChI=1S/C9H10N2O2S/c1-5-7(9(12)13)2-10-8(11-5)6-3-14-4-6/h2,6H,3-4H2,1H3,(H,12,13). The van der Waals surface area contributed by atoms with E-state index in [1.165, 1.54) is 6.20 Å². The Bertz CT molecular complexity index is 377. The number of carboxylic acid groups (broad SMARTS) is 1. The van der Waals surface area contributed by atoms with Crippen LogP contribution in [0.3, 0.4) is 0 Å². The van der Waals surface area contributed by atoms with Crippen LogP contribution in [0.2, 0.25) is 0 Å². The Kier molecular flexibility index (Phi) is 2.41.